The van der Waals surface area contributed by atoms with Crippen LogP contribution in [0.25, 0.3) is 0 Å². The third-order valence-corrected chi connectivity index (χ3v) is 3.16. The monoisotopic (exact) mass is 351 g/mol. The molecule has 0 radical (unpaired) electrons. The van der Waals surface area contributed by atoms with Crippen molar-refractivity contribution in [2.24, 2.45) is 0 Å². The summed E-state index contributed by atoms with van der Waals surface area (Å²) in [6.45, 7) is 1.06. The van der Waals surface area contributed by atoms with E-state index < -0.39 is 17.6 Å². The molecule has 0 atom stereocenters. The zero-order valence-electron chi connectivity index (χ0n) is 13.3. The molecule has 2 rings (SSSR count). The molecule has 2 amide bonds. The van der Waals surface area contributed by atoms with Gasteiger partial charge in [0.1, 0.15) is 0 Å². The molecule has 3 N–H and O–H groups in total. The summed E-state index contributed by atoms with van der Waals surface area (Å²) < 4.78 is 38.6. The van der Waals surface area contributed by atoms with Gasteiger partial charge in [0, 0.05) is 24.0 Å². The second-order valence-electron chi connectivity index (χ2n) is 5.20. The van der Waals surface area contributed by atoms with Gasteiger partial charge in [0.05, 0.1) is 12.1 Å². The molecular weight excluding hydrogens is 335 g/mol. The van der Waals surface area contributed by atoms with Crippen molar-refractivity contribution in [2.45, 2.75) is 13.1 Å². The predicted octanol–water partition coefficient (Wildman–Crippen LogP) is 3.71. The van der Waals surface area contributed by atoms with Gasteiger partial charge in [-0.3, -0.25) is 9.59 Å². The van der Waals surface area contributed by atoms with Crippen molar-refractivity contribution in [3.63, 3.8) is 0 Å². The molecule has 0 heterocycles. The maximum atomic E-state index is 12.9. The molecule has 0 fully saturated rings. The Balaban J connectivity index is 1.94. The smallest absolute Gasteiger partial charge is 0.376 e. The molecule has 0 aromatic heterocycles. The highest BCUT2D eigenvalue weighted by Crippen LogP contribution is 2.34. The highest BCUT2D eigenvalue weighted by Gasteiger charge is 2.33. The zero-order chi connectivity index (χ0) is 18.4. The molecule has 0 saturated heterocycles. The van der Waals surface area contributed by atoms with Crippen LogP contribution in [0.1, 0.15) is 12.5 Å². The van der Waals surface area contributed by atoms with Crippen LogP contribution in [0.5, 0.6) is 0 Å². The highest BCUT2D eigenvalue weighted by molar-refractivity contribution is 5.94. The van der Waals surface area contributed by atoms with Crippen LogP contribution in [0.3, 0.4) is 0 Å². The van der Waals surface area contributed by atoms with Crippen LogP contribution in [0.2, 0.25) is 0 Å². The Bertz CT molecular complexity index is 758. The Kier molecular flexibility index (Phi) is 5.63. The number of para-hydroxylation sites is 1. The van der Waals surface area contributed by atoms with E-state index >= 15 is 0 Å². The Morgan fingerprint density at radius 1 is 0.920 bits per heavy atom. The highest BCUT2D eigenvalue weighted by atomic mass is 19.4. The summed E-state index contributed by atoms with van der Waals surface area (Å²) in [6.07, 6.45) is -4.50. The molecule has 0 aliphatic rings. The molecule has 0 spiro atoms. The van der Waals surface area contributed by atoms with Crippen molar-refractivity contribution in [2.75, 3.05) is 22.5 Å². The van der Waals surface area contributed by atoms with E-state index in [0.717, 1.165) is 6.07 Å². The van der Waals surface area contributed by atoms with Crippen LogP contribution >= 0.6 is 0 Å². The average Bonchev–Trinajstić information content (AvgIpc) is 2.54. The lowest BCUT2D eigenvalue weighted by Gasteiger charge is -2.14. The van der Waals surface area contributed by atoms with Gasteiger partial charge in [-0.25, -0.2) is 0 Å². The van der Waals surface area contributed by atoms with Gasteiger partial charge in [-0.05, 0) is 36.4 Å². The molecular formula is C17H16F3N3O2. The number of hydrogen-bond acceptors (Lipinski definition) is 3. The van der Waals surface area contributed by atoms with E-state index in [0.29, 0.717) is 11.4 Å². The summed E-state index contributed by atoms with van der Waals surface area (Å²) in [5.41, 5.74) is 0.0429. The third kappa shape index (κ3) is 5.52. The first-order valence-corrected chi connectivity index (χ1v) is 7.33. The first-order valence-electron chi connectivity index (χ1n) is 7.33. The quantitative estimate of drug-likeness (QED) is 0.769. The number of carbonyl (C=O) groups excluding carboxylic acids is 2. The normalized spacial score (nSPS) is 10.9. The largest absolute Gasteiger partial charge is 0.418 e. The summed E-state index contributed by atoms with van der Waals surface area (Å²) in [4.78, 5) is 22.8. The van der Waals surface area contributed by atoms with E-state index in [1.54, 1.807) is 24.3 Å². The molecule has 0 unspecified atom stereocenters. The lowest BCUT2D eigenvalue weighted by molar-refractivity contribution is -0.137. The lowest BCUT2D eigenvalue weighted by Crippen LogP contribution is -2.23. The number of halogens is 3. The lowest BCUT2D eigenvalue weighted by atomic mass is 10.1. The van der Waals surface area contributed by atoms with E-state index in [-0.39, 0.29) is 18.1 Å². The third-order valence-electron chi connectivity index (χ3n) is 3.16. The Labute approximate surface area is 142 Å². The summed E-state index contributed by atoms with van der Waals surface area (Å²) in [7, 11) is 0. The number of rotatable bonds is 5. The van der Waals surface area contributed by atoms with Gasteiger partial charge in [-0.1, -0.05) is 12.1 Å². The number of carbonyl (C=O) groups is 2. The fourth-order valence-electron chi connectivity index (χ4n) is 2.11. The van der Waals surface area contributed by atoms with Crippen LogP contribution in [0, 0.1) is 0 Å². The van der Waals surface area contributed by atoms with Gasteiger partial charge in [-0.2, -0.15) is 13.2 Å². The maximum absolute atomic E-state index is 12.9. The topological polar surface area (TPSA) is 70.2 Å². The van der Waals surface area contributed by atoms with Gasteiger partial charge in [0.25, 0.3) is 0 Å². The summed E-state index contributed by atoms with van der Waals surface area (Å²) in [5.74, 6) is -0.714. The van der Waals surface area contributed by atoms with Crippen LogP contribution in [0.4, 0.5) is 30.2 Å². The minimum absolute atomic E-state index is 0.161. The van der Waals surface area contributed by atoms with Gasteiger partial charge in [-0.15, -0.1) is 0 Å². The van der Waals surface area contributed by atoms with Gasteiger partial charge >= 0.3 is 6.18 Å². The van der Waals surface area contributed by atoms with Crippen molar-refractivity contribution in [1.82, 2.24) is 0 Å². The molecule has 8 heteroatoms. The summed E-state index contributed by atoms with van der Waals surface area (Å²) in [6, 6.07) is 11.3. The van der Waals surface area contributed by atoms with E-state index in [9.17, 15) is 22.8 Å². The number of amides is 2. The number of benzene rings is 2. The molecule has 132 valence electrons. The number of anilines is 3. The predicted molar refractivity (Wildman–Crippen MR) is 89.3 cm³/mol. The Morgan fingerprint density at radius 3 is 2.04 bits per heavy atom. The van der Waals surface area contributed by atoms with E-state index in [4.69, 9.17) is 0 Å². The van der Waals surface area contributed by atoms with Gasteiger partial charge in [0.2, 0.25) is 11.8 Å². The second kappa shape index (κ2) is 7.69. The van der Waals surface area contributed by atoms with Crippen LogP contribution in [-0.4, -0.2) is 18.4 Å². The van der Waals surface area contributed by atoms with Crippen LogP contribution in [0.15, 0.2) is 48.5 Å². The molecule has 2 aromatic rings. The minimum Gasteiger partial charge on any atom is -0.376 e. The fraction of sp³-hybridized carbons (Fsp3) is 0.176. The minimum atomic E-state index is -4.50. The van der Waals surface area contributed by atoms with Crippen molar-refractivity contribution in [3.8, 4) is 0 Å². The Morgan fingerprint density at radius 2 is 1.48 bits per heavy atom. The maximum Gasteiger partial charge on any atom is 0.418 e. The summed E-state index contributed by atoms with van der Waals surface area (Å²) >= 11 is 0. The molecule has 0 bridgehead atoms. The van der Waals surface area contributed by atoms with Crippen molar-refractivity contribution < 1.29 is 22.8 Å². The van der Waals surface area contributed by atoms with Crippen molar-refractivity contribution in [1.29, 1.82) is 0 Å². The molecule has 0 aliphatic carbocycles. The van der Waals surface area contributed by atoms with E-state index in [1.165, 1.54) is 25.1 Å². The van der Waals surface area contributed by atoms with Crippen LogP contribution < -0.4 is 16.0 Å². The van der Waals surface area contributed by atoms with Gasteiger partial charge in [0.15, 0.2) is 0 Å². The molecule has 25 heavy (non-hydrogen) atoms. The number of hydrogen-bond donors (Lipinski definition) is 3. The molecule has 0 saturated carbocycles. The van der Waals surface area contributed by atoms with E-state index in [1.807, 2.05) is 0 Å². The zero-order valence-corrected chi connectivity index (χ0v) is 13.3. The van der Waals surface area contributed by atoms with Crippen molar-refractivity contribution in [3.05, 3.63) is 54.1 Å². The van der Waals surface area contributed by atoms with Crippen LogP contribution in [-0.2, 0) is 15.8 Å². The fourth-order valence-corrected chi connectivity index (χ4v) is 2.11. The van der Waals surface area contributed by atoms with Crippen molar-refractivity contribution >= 4 is 28.9 Å². The molecule has 5 nitrogen and oxygen atoms in total. The second-order valence-corrected chi connectivity index (χ2v) is 5.20. The number of nitrogens with one attached hydrogen (secondary N) is 3. The molecule has 0 aliphatic heterocycles. The van der Waals surface area contributed by atoms with E-state index in [2.05, 4.69) is 16.0 Å². The standard InChI is InChI=1S/C17H16F3N3O2/c1-11(24)22-12-6-8-13(9-7-12)23-16(25)10-21-15-5-3-2-4-14(15)17(18,19)20/h2-9,21H,10H2,1H3,(H,22,24)(H,23,25). The Hall–Kier alpha value is -3.03. The first-order chi connectivity index (χ1) is 11.8. The average molecular weight is 351 g/mol. The van der Waals surface area contributed by atoms with Gasteiger partial charge < -0.3 is 16.0 Å². The first kappa shape index (κ1) is 18.3. The number of alkyl halides is 3. The molecule has 2 aromatic carbocycles. The summed E-state index contributed by atoms with van der Waals surface area (Å²) in [5, 5.41) is 7.63. The SMILES string of the molecule is CC(=O)Nc1ccc(NC(=O)CNc2ccccc2C(F)(F)F)cc1.